The minimum atomic E-state index is -3.42. The number of rotatable bonds is 3. The molecule has 2 saturated heterocycles. The van der Waals surface area contributed by atoms with Crippen molar-refractivity contribution in [2.45, 2.75) is 18.7 Å². The van der Waals surface area contributed by atoms with E-state index < -0.39 is 15.3 Å². The van der Waals surface area contributed by atoms with Gasteiger partial charge in [0.05, 0.1) is 22.5 Å². The van der Waals surface area contributed by atoms with E-state index >= 15 is 0 Å². The van der Waals surface area contributed by atoms with Crippen LogP contribution in [0.5, 0.6) is 0 Å². The molecule has 132 valence electrons. The van der Waals surface area contributed by atoms with E-state index in [1.54, 1.807) is 29.3 Å². The topological polar surface area (TPSA) is 83.5 Å². The van der Waals surface area contributed by atoms with Crippen molar-refractivity contribution in [3.8, 4) is 0 Å². The fourth-order valence-corrected chi connectivity index (χ4v) is 6.27. The van der Waals surface area contributed by atoms with Crippen LogP contribution in [0, 0.1) is 12.8 Å². The Bertz CT molecular complexity index is 897. The van der Waals surface area contributed by atoms with Crippen molar-refractivity contribution in [3.05, 3.63) is 46.2 Å². The number of carbonyl (C=O) groups is 1. The highest BCUT2D eigenvalue weighted by molar-refractivity contribution is 7.90. The van der Waals surface area contributed by atoms with E-state index in [9.17, 15) is 13.2 Å². The second kappa shape index (κ2) is 6.15. The summed E-state index contributed by atoms with van der Waals surface area (Å²) in [6.45, 7) is 3.34. The maximum Gasteiger partial charge on any atom is 0.272 e. The standard InChI is InChI=1S/C16H18N4O3S2/c1-11-18-13(10-24-11)8-20-7-12-6-19(9-15(12)25(20,22)23)16(21)14-4-2-3-5-17-14/h2-5,10,12,15H,6-9H2,1H3. The Morgan fingerprint density at radius 3 is 2.80 bits per heavy atom. The van der Waals surface area contributed by atoms with Gasteiger partial charge in [-0.15, -0.1) is 11.3 Å². The lowest BCUT2D eigenvalue weighted by Crippen LogP contribution is -2.37. The number of nitrogens with zero attached hydrogens (tertiary/aromatic N) is 4. The predicted molar refractivity (Wildman–Crippen MR) is 93.6 cm³/mol. The van der Waals surface area contributed by atoms with Crippen LogP contribution >= 0.6 is 11.3 Å². The molecule has 2 fully saturated rings. The summed E-state index contributed by atoms with van der Waals surface area (Å²) in [5.41, 5.74) is 1.14. The quantitative estimate of drug-likeness (QED) is 0.800. The summed E-state index contributed by atoms with van der Waals surface area (Å²) in [5.74, 6) is -0.260. The number of amides is 1. The molecule has 0 aliphatic carbocycles. The van der Waals surface area contributed by atoms with Gasteiger partial charge in [0.1, 0.15) is 5.69 Å². The number of carbonyl (C=O) groups excluding carboxylic acids is 1. The van der Waals surface area contributed by atoms with E-state index in [0.29, 0.717) is 25.3 Å². The molecule has 2 aliphatic rings. The largest absolute Gasteiger partial charge is 0.336 e. The van der Waals surface area contributed by atoms with Gasteiger partial charge in [0.25, 0.3) is 5.91 Å². The molecule has 2 atom stereocenters. The average molecular weight is 378 g/mol. The van der Waals surface area contributed by atoms with Gasteiger partial charge >= 0.3 is 0 Å². The van der Waals surface area contributed by atoms with Crippen LogP contribution < -0.4 is 0 Å². The number of aromatic nitrogens is 2. The third kappa shape index (κ3) is 2.96. The molecule has 2 aliphatic heterocycles. The maximum absolute atomic E-state index is 12.8. The van der Waals surface area contributed by atoms with E-state index in [2.05, 4.69) is 9.97 Å². The van der Waals surface area contributed by atoms with E-state index in [-0.39, 0.29) is 18.4 Å². The van der Waals surface area contributed by atoms with Crippen molar-refractivity contribution >= 4 is 27.3 Å². The van der Waals surface area contributed by atoms with Gasteiger partial charge < -0.3 is 4.90 Å². The minimum absolute atomic E-state index is 0.0580. The molecule has 25 heavy (non-hydrogen) atoms. The summed E-state index contributed by atoms with van der Waals surface area (Å²) in [6.07, 6.45) is 1.57. The summed E-state index contributed by atoms with van der Waals surface area (Å²) in [5, 5.41) is 2.30. The van der Waals surface area contributed by atoms with E-state index in [1.165, 1.54) is 15.6 Å². The predicted octanol–water partition coefficient (Wildman–Crippen LogP) is 1.13. The van der Waals surface area contributed by atoms with E-state index in [0.717, 1.165) is 10.7 Å². The molecule has 2 aromatic heterocycles. The number of aryl methyl sites for hydroxylation is 1. The van der Waals surface area contributed by atoms with Crippen molar-refractivity contribution in [1.29, 1.82) is 0 Å². The Balaban J connectivity index is 1.48. The first-order chi connectivity index (χ1) is 11.9. The molecule has 2 unspecified atom stereocenters. The Morgan fingerprint density at radius 1 is 1.32 bits per heavy atom. The zero-order valence-electron chi connectivity index (χ0n) is 13.7. The Kier molecular flexibility index (Phi) is 4.09. The number of fused-ring (bicyclic) bond motifs is 1. The molecule has 7 nitrogen and oxygen atoms in total. The lowest BCUT2D eigenvalue weighted by molar-refractivity contribution is 0.0779. The number of hydrogen-bond donors (Lipinski definition) is 0. The molecule has 0 saturated carbocycles. The monoisotopic (exact) mass is 378 g/mol. The number of likely N-dealkylation sites (tertiary alicyclic amines) is 1. The summed E-state index contributed by atoms with van der Waals surface area (Å²) >= 11 is 1.52. The van der Waals surface area contributed by atoms with Crippen molar-refractivity contribution in [2.75, 3.05) is 19.6 Å². The van der Waals surface area contributed by atoms with Crippen LogP contribution in [0.4, 0.5) is 0 Å². The molecule has 0 radical (unpaired) electrons. The van der Waals surface area contributed by atoms with Crippen molar-refractivity contribution < 1.29 is 13.2 Å². The molecule has 0 aromatic carbocycles. The summed E-state index contributed by atoms with van der Waals surface area (Å²) in [4.78, 5) is 22.5. The van der Waals surface area contributed by atoms with Gasteiger partial charge in [-0.05, 0) is 19.1 Å². The normalized spacial score (nSPS) is 25.2. The van der Waals surface area contributed by atoms with Crippen molar-refractivity contribution in [2.24, 2.45) is 5.92 Å². The van der Waals surface area contributed by atoms with Gasteiger partial charge in [0, 0.05) is 37.1 Å². The van der Waals surface area contributed by atoms with Crippen LogP contribution in [0.1, 0.15) is 21.2 Å². The Labute approximate surface area is 150 Å². The lowest BCUT2D eigenvalue weighted by atomic mass is 10.1. The first kappa shape index (κ1) is 16.6. The summed E-state index contributed by atoms with van der Waals surface area (Å²) in [7, 11) is -3.42. The molecule has 9 heteroatoms. The van der Waals surface area contributed by atoms with Crippen LogP contribution in [0.3, 0.4) is 0 Å². The molecule has 1 amide bonds. The van der Waals surface area contributed by atoms with Crippen LogP contribution in [0.25, 0.3) is 0 Å². The second-order valence-corrected chi connectivity index (χ2v) is 9.63. The zero-order chi connectivity index (χ0) is 17.6. The van der Waals surface area contributed by atoms with Gasteiger partial charge in [-0.2, -0.15) is 4.31 Å². The summed E-state index contributed by atoms with van der Waals surface area (Å²) in [6, 6.07) is 5.16. The molecular weight excluding hydrogens is 360 g/mol. The van der Waals surface area contributed by atoms with Crippen LogP contribution in [0.15, 0.2) is 29.8 Å². The van der Waals surface area contributed by atoms with Crippen LogP contribution in [-0.2, 0) is 16.6 Å². The maximum atomic E-state index is 12.8. The highest BCUT2D eigenvalue weighted by atomic mass is 32.2. The molecule has 4 heterocycles. The summed E-state index contributed by atoms with van der Waals surface area (Å²) < 4.78 is 27.2. The van der Waals surface area contributed by atoms with Gasteiger partial charge in [-0.1, -0.05) is 6.07 Å². The second-order valence-electron chi connectivity index (χ2n) is 6.42. The molecular formula is C16H18N4O3S2. The SMILES string of the molecule is Cc1nc(CN2CC3CN(C(=O)c4ccccn4)CC3S2(=O)=O)cs1. The Hall–Kier alpha value is -1.84. The number of thiazole rings is 1. The van der Waals surface area contributed by atoms with Crippen molar-refractivity contribution in [3.63, 3.8) is 0 Å². The molecule has 0 bridgehead atoms. The lowest BCUT2D eigenvalue weighted by Gasteiger charge is -2.20. The van der Waals surface area contributed by atoms with Gasteiger partial charge in [-0.25, -0.2) is 13.4 Å². The highest BCUT2D eigenvalue weighted by Gasteiger charge is 2.52. The molecule has 4 rings (SSSR count). The first-order valence-electron chi connectivity index (χ1n) is 8.05. The van der Waals surface area contributed by atoms with E-state index in [4.69, 9.17) is 0 Å². The minimum Gasteiger partial charge on any atom is -0.336 e. The first-order valence-corrected chi connectivity index (χ1v) is 10.4. The van der Waals surface area contributed by atoms with Crippen LogP contribution in [0.2, 0.25) is 0 Å². The van der Waals surface area contributed by atoms with Gasteiger partial charge in [0.15, 0.2) is 0 Å². The fourth-order valence-electron chi connectivity index (χ4n) is 3.54. The number of hydrogen-bond acceptors (Lipinski definition) is 6. The van der Waals surface area contributed by atoms with Crippen LogP contribution in [-0.4, -0.2) is 58.4 Å². The average Bonchev–Trinajstić information content (AvgIpc) is 3.26. The van der Waals surface area contributed by atoms with E-state index in [1.807, 2.05) is 12.3 Å². The molecule has 2 aromatic rings. The number of pyridine rings is 1. The fraction of sp³-hybridized carbons (Fsp3) is 0.438. The van der Waals surface area contributed by atoms with Gasteiger partial charge in [0.2, 0.25) is 10.0 Å². The highest BCUT2D eigenvalue weighted by Crippen LogP contribution is 2.35. The molecule has 0 spiro atoms. The smallest absolute Gasteiger partial charge is 0.272 e. The van der Waals surface area contributed by atoms with Gasteiger partial charge in [-0.3, -0.25) is 9.78 Å². The Morgan fingerprint density at radius 2 is 2.16 bits per heavy atom. The third-order valence-corrected chi connectivity index (χ3v) is 7.86. The molecule has 0 N–H and O–H groups in total. The third-order valence-electron chi connectivity index (χ3n) is 4.74. The zero-order valence-corrected chi connectivity index (χ0v) is 15.3. The number of sulfonamides is 1. The van der Waals surface area contributed by atoms with Crippen molar-refractivity contribution in [1.82, 2.24) is 19.2 Å².